The maximum atomic E-state index is 13.2. The zero-order valence-corrected chi connectivity index (χ0v) is 53.5. The number of imide groups is 1. The predicted molar refractivity (Wildman–Crippen MR) is 316 cm³/mol. The van der Waals surface area contributed by atoms with E-state index in [1.807, 2.05) is 41.5 Å². The number of carbonyl (C=O) groups excluding carboxylic acids is 6. The van der Waals surface area contributed by atoms with Gasteiger partial charge < -0.3 is 34.1 Å². The first-order valence-corrected chi connectivity index (χ1v) is 33.5. The molecule has 1 heterocycles. The van der Waals surface area contributed by atoms with Crippen molar-refractivity contribution in [2.45, 2.75) is 249 Å². The number of carboxylic acids is 1. The Kier molecular flexibility index (Phi) is 25.2. The van der Waals surface area contributed by atoms with Crippen LogP contribution in [0.25, 0.3) is 0 Å². The average molecular weight is 1150 g/mol. The lowest BCUT2D eigenvalue weighted by Crippen LogP contribution is -2.45. The Balaban J connectivity index is 0.000000357. The Hall–Kier alpha value is -4.25. The van der Waals surface area contributed by atoms with E-state index in [9.17, 15) is 43.8 Å². The molecule has 0 bridgehead atoms. The van der Waals surface area contributed by atoms with Crippen LogP contribution in [0.5, 0.6) is 0 Å². The maximum absolute atomic E-state index is 13.2. The van der Waals surface area contributed by atoms with Crippen molar-refractivity contribution in [3.63, 3.8) is 0 Å². The van der Waals surface area contributed by atoms with Crippen molar-refractivity contribution in [3.05, 3.63) is 47.6 Å². The van der Waals surface area contributed by atoms with Gasteiger partial charge in [-0.3, -0.25) is 28.8 Å². The Morgan fingerprint density at radius 1 is 0.679 bits per heavy atom. The number of rotatable bonds is 26. The molecule has 1 saturated heterocycles. The first-order chi connectivity index (χ1) is 37.5. The molecular formula is C65H105NO14Si. The molecule has 15 nitrogen and oxygen atoms in total. The minimum absolute atomic E-state index is 0.0187. The van der Waals surface area contributed by atoms with E-state index < -0.39 is 61.0 Å². The SMILES string of the molecule is CCC(C)(C)C(=O)O[C@H]1C[C@@H](C)C=C2C=C[C@H](C)[C@H](CC[C@@H](C)C[C@H](CC(=O)ON3C(=O)CCC3=O)O[Si](C)(C)C(C)(C)C)[C@H]21.CCC(C)(C)C(=O)O[C@H]1C[C@@H](C)C=C2C=C[C@H](C)[C@H](CC[C@@H](O)C[C@@H](O)CC(=O)C[C@@H](C)C(=O)O)[C@H]21. The number of hydrogen-bond donors (Lipinski definition) is 3. The molecule has 0 spiro atoms. The Labute approximate surface area is 486 Å². The van der Waals surface area contributed by atoms with Crippen molar-refractivity contribution in [2.75, 3.05) is 0 Å². The van der Waals surface area contributed by atoms with E-state index >= 15 is 0 Å². The van der Waals surface area contributed by atoms with Crippen LogP contribution < -0.4 is 0 Å². The van der Waals surface area contributed by atoms with E-state index in [1.54, 1.807) is 0 Å². The van der Waals surface area contributed by atoms with Crippen molar-refractivity contribution in [2.24, 2.45) is 70.0 Å². The fourth-order valence-electron chi connectivity index (χ4n) is 11.8. The number of ether oxygens (including phenoxy) is 2. The number of aliphatic hydroxyl groups is 2. The lowest BCUT2D eigenvalue weighted by Gasteiger charge is -2.44. The van der Waals surface area contributed by atoms with Gasteiger partial charge in [-0.1, -0.05) is 119 Å². The minimum Gasteiger partial charge on any atom is -0.481 e. The Morgan fingerprint density at radius 2 is 1.14 bits per heavy atom. The molecule has 2 amide bonds. The van der Waals surface area contributed by atoms with Gasteiger partial charge in [-0.05, 0) is 156 Å². The molecule has 5 aliphatic rings. The lowest BCUT2D eigenvalue weighted by molar-refractivity contribution is -0.198. The number of allylic oxidation sites excluding steroid dienone is 6. The van der Waals surface area contributed by atoms with Crippen molar-refractivity contribution in [1.82, 2.24) is 5.06 Å². The van der Waals surface area contributed by atoms with Crippen LogP contribution >= 0.6 is 0 Å². The summed E-state index contributed by atoms with van der Waals surface area (Å²) in [6, 6.07) is 0. The molecule has 3 N–H and O–H groups in total. The quantitative estimate of drug-likeness (QED) is 0.0417. The van der Waals surface area contributed by atoms with Gasteiger partial charge in [0, 0.05) is 37.5 Å². The Bertz CT molecular complexity index is 2310. The number of carbonyl (C=O) groups is 7. The fraction of sp³-hybridized carbons (Fsp3) is 0.769. The van der Waals surface area contributed by atoms with E-state index in [4.69, 9.17) is 23.8 Å². The van der Waals surface area contributed by atoms with E-state index in [1.165, 1.54) is 18.1 Å². The fourth-order valence-corrected chi connectivity index (χ4v) is 13.2. The third-order valence-electron chi connectivity index (χ3n) is 18.9. The molecule has 15 atom stereocenters. The van der Waals surface area contributed by atoms with Gasteiger partial charge in [-0.25, -0.2) is 4.79 Å². The summed E-state index contributed by atoms with van der Waals surface area (Å²) in [4.78, 5) is 91.4. The van der Waals surface area contributed by atoms with Gasteiger partial charge in [0.15, 0.2) is 8.32 Å². The number of amides is 2. The van der Waals surface area contributed by atoms with Crippen LogP contribution in [0.4, 0.5) is 0 Å². The smallest absolute Gasteiger partial charge is 0.335 e. The first-order valence-electron chi connectivity index (χ1n) is 30.6. The molecule has 5 rings (SSSR count). The number of nitrogens with zero attached hydrogens (tertiary/aromatic N) is 1. The second-order valence-corrected chi connectivity index (χ2v) is 32.7. The van der Waals surface area contributed by atoms with E-state index in [-0.39, 0.29) is 109 Å². The first kappa shape index (κ1) is 69.2. The van der Waals surface area contributed by atoms with Gasteiger partial charge in [0.05, 0.1) is 41.5 Å². The number of fused-ring (bicyclic) bond motifs is 2. The summed E-state index contributed by atoms with van der Waals surface area (Å²) >= 11 is 0. The third kappa shape index (κ3) is 19.7. The monoisotopic (exact) mass is 1150 g/mol. The normalized spacial score (nSPS) is 27.7. The van der Waals surface area contributed by atoms with E-state index in [0.717, 1.165) is 32.1 Å². The second-order valence-electron chi connectivity index (χ2n) is 27.9. The number of hydrogen-bond acceptors (Lipinski definition) is 13. The molecule has 0 aromatic heterocycles. The third-order valence-corrected chi connectivity index (χ3v) is 23.4. The lowest BCUT2D eigenvalue weighted by atomic mass is 9.65. The number of Topliss-reactive ketones (excluding diaryl/α,β-unsaturated/α-hetero) is 1. The summed E-state index contributed by atoms with van der Waals surface area (Å²) in [6.45, 7) is 35.0. The van der Waals surface area contributed by atoms with Crippen LogP contribution in [0, 0.1) is 70.0 Å². The van der Waals surface area contributed by atoms with Crippen molar-refractivity contribution in [1.29, 1.82) is 0 Å². The van der Waals surface area contributed by atoms with Gasteiger partial charge in [0.1, 0.15) is 18.0 Å². The highest BCUT2D eigenvalue weighted by molar-refractivity contribution is 6.74. The topological polar surface area (TPSA) is 220 Å². The predicted octanol–water partition coefficient (Wildman–Crippen LogP) is 12.6. The zero-order valence-electron chi connectivity index (χ0n) is 52.5. The molecule has 0 aromatic carbocycles. The van der Waals surface area contributed by atoms with Crippen molar-refractivity contribution >= 4 is 49.8 Å². The second kappa shape index (κ2) is 29.5. The highest BCUT2D eigenvalue weighted by Crippen LogP contribution is 2.48. The van der Waals surface area contributed by atoms with Gasteiger partial charge in [-0.15, -0.1) is 5.06 Å². The Morgan fingerprint density at radius 3 is 1.57 bits per heavy atom. The van der Waals surface area contributed by atoms with Crippen molar-refractivity contribution < 1.29 is 67.6 Å². The molecule has 4 aliphatic carbocycles. The summed E-state index contributed by atoms with van der Waals surface area (Å²) in [5, 5.41) is 30.4. The number of esters is 2. The van der Waals surface area contributed by atoms with Crippen LogP contribution in [0.1, 0.15) is 200 Å². The summed E-state index contributed by atoms with van der Waals surface area (Å²) in [5.41, 5.74) is 1.42. The molecule has 1 aliphatic heterocycles. The molecule has 1 fully saturated rings. The average Bonchev–Trinajstić information content (AvgIpc) is 3.85. The van der Waals surface area contributed by atoms with Gasteiger partial charge in [-0.2, -0.15) is 0 Å². The van der Waals surface area contributed by atoms with Crippen LogP contribution in [-0.4, -0.2) is 101 Å². The molecule has 0 saturated carbocycles. The minimum atomic E-state index is -2.23. The number of aliphatic hydroxyl groups excluding tert-OH is 2. The van der Waals surface area contributed by atoms with E-state index in [0.29, 0.717) is 54.4 Å². The maximum Gasteiger partial charge on any atom is 0.335 e. The summed E-state index contributed by atoms with van der Waals surface area (Å²) in [6.07, 6.45) is 17.6. The number of aliphatic carboxylic acids is 1. The highest BCUT2D eigenvalue weighted by atomic mass is 28.4. The molecule has 0 radical (unpaired) electrons. The van der Waals surface area contributed by atoms with Crippen molar-refractivity contribution in [3.8, 4) is 0 Å². The van der Waals surface area contributed by atoms with E-state index in [2.05, 4.69) is 105 Å². The largest absolute Gasteiger partial charge is 0.481 e. The molecular weight excluding hydrogens is 1050 g/mol. The van der Waals surface area contributed by atoms with Crippen LogP contribution in [0.15, 0.2) is 47.6 Å². The number of hydroxylamine groups is 2. The van der Waals surface area contributed by atoms with Crippen LogP contribution in [-0.2, 0) is 52.3 Å². The zero-order chi connectivity index (χ0) is 61.1. The number of carboxylic acid groups (broad SMARTS) is 1. The summed E-state index contributed by atoms with van der Waals surface area (Å²) in [7, 11) is -2.23. The summed E-state index contributed by atoms with van der Waals surface area (Å²) in [5.74, 6) is -1.79. The van der Waals surface area contributed by atoms with Gasteiger partial charge in [0.25, 0.3) is 11.8 Å². The highest BCUT2D eigenvalue weighted by Gasteiger charge is 2.46. The summed E-state index contributed by atoms with van der Waals surface area (Å²) < 4.78 is 19.2. The molecule has 81 heavy (non-hydrogen) atoms. The standard InChI is InChI=1S/C36H59NO7Si.C29H46O7/c1-12-36(8,9)34(41)42-29-21-24(3)19-26-15-14-25(4)28(33(26)29)16-13-23(2)20-27(44-45(10,11)35(5,6)7)22-32(40)43-37-30(38)17-18-31(37)39;1-7-29(5,6)28(35)36-25-13-17(2)12-20-9-8-18(3)24(26(20)25)11-10-21(30)15-23(32)16-22(31)14-19(4)27(33)34/h14-15,19,23-25,27-29,33H,12-13,16-18,20-22H2,1-11H3;8-9,12,17-19,21,23-26,30,32H,7,10-11,13-16H2,1-6H3,(H,33,34)/t23-,24+,25+,27-,28+,29+,33+;17-,18-,19+,21+,23+,24-,25-,26-/m10/s1. The van der Waals surface area contributed by atoms with Crippen LogP contribution in [0.3, 0.4) is 0 Å². The molecule has 16 heteroatoms. The number of ketones is 1. The molecule has 0 unspecified atom stereocenters. The molecule has 0 aromatic rings. The van der Waals surface area contributed by atoms with Gasteiger partial charge in [0.2, 0.25) is 0 Å². The van der Waals surface area contributed by atoms with Crippen LogP contribution in [0.2, 0.25) is 18.1 Å². The molecule has 458 valence electrons. The van der Waals surface area contributed by atoms with Gasteiger partial charge >= 0.3 is 23.9 Å².